The highest BCUT2D eigenvalue weighted by Gasteiger charge is 2.27. The zero-order chi connectivity index (χ0) is 40.0. The standard InChI is InChI=1S/C45H68NO8P/c1-5-6-7-8-9-10-11-12-13-14-15-18-27-34-44(47)51-38-42(39-53-55(49,50)52-37-36-46(2,3)4)54-45(48)35-28-19-16-17-26-33-43(40-29-22-20-23-30-40)41-31-24-21-25-32-41/h16-17,19-26,29-33,42H,5-15,18,27-28,34-39H2,1-4H3/p+1/b19-16+,26-17?/t42-/m1/s1. The number of hydrogen-bond donors (Lipinski definition) is 1. The number of nitrogens with zero attached hydrogens (tertiary/aromatic N) is 1. The third-order valence-electron chi connectivity index (χ3n) is 8.96. The number of esters is 2. The Hall–Kier alpha value is -3.33. The molecule has 0 heterocycles. The third kappa shape index (κ3) is 25.5. The summed E-state index contributed by atoms with van der Waals surface area (Å²) in [6, 6.07) is 20.3. The summed E-state index contributed by atoms with van der Waals surface area (Å²) in [6.45, 7) is 2.01. The van der Waals surface area contributed by atoms with Gasteiger partial charge in [-0.05, 0) is 29.5 Å². The van der Waals surface area contributed by atoms with Crippen molar-refractivity contribution >= 4 is 25.3 Å². The molecule has 1 N–H and O–H groups in total. The summed E-state index contributed by atoms with van der Waals surface area (Å²) < 4.78 is 34.3. The van der Waals surface area contributed by atoms with Gasteiger partial charge in [0.15, 0.2) is 6.10 Å². The molecule has 2 atom stereocenters. The van der Waals surface area contributed by atoms with Crippen LogP contribution in [0, 0.1) is 0 Å². The molecule has 0 spiro atoms. The number of allylic oxidation sites excluding steroid dienone is 5. The molecule has 0 saturated carbocycles. The SMILES string of the molecule is CCCCCCCCCCCCCCCC(=O)OC[C@H](COP(=O)(O)OCC[N+](C)(C)C)OC(=O)CC/C=C/C=CC=C(c1ccccc1)c1ccccc1. The van der Waals surface area contributed by atoms with E-state index in [4.69, 9.17) is 18.5 Å². The van der Waals surface area contributed by atoms with Gasteiger partial charge in [-0.3, -0.25) is 18.6 Å². The van der Waals surface area contributed by atoms with Crippen LogP contribution in [0.2, 0.25) is 0 Å². The maximum Gasteiger partial charge on any atom is 0.472 e. The van der Waals surface area contributed by atoms with E-state index in [-0.39, 0.29) is 26.1 Å². The van der Waals surface area contributed by atoms with Crippen molar-refractivity contribution in [3.8, 4) is 0 Å². The minimum atomic E-state index is -4.42. The average molecular weight is 783 g/mol. The third-order valence-corrected chi connectivity index (χ3v) is 9.94. The number of hydrogen-bond acceptors (Lipinski definition) is 7. The molecule has 0 saturated heterocycles. The van der Waals surface area contributed by atoms with E-state index in [1.54, 1.807) is 0 Å². The molecule has 0 amide bonds. The molecule has 0 fully saturated rings. The molecule has 0 aliphatic heterocycles. The molecule has 1 unspecified atom stereocenters. The molecular weight excluding hydrogens is 713 g/mol. The molecule has 10 heteroatoms. The van der Waals surface area contributed by atoms with Crippen molar-refractivity contribution in [2.75, 3.05) is 47.5 Å². The molecule has 2 aromatic rings. The lowest BCUT2D eigenvalue weighted by Crippen LogP contribution is -2.37. The maximum absolute atomic E-state index is 12.8. The van der Waals surface area contributed by atoms with Gasteiger partial charge in [0.2, 0.25) is 0 Å². The van der Waals surface area contributed by atoms with Gasteiger partial charge in [0.1, 0.15) is 19.8 Å². The molecule has 55 heavy (non-hydrogen) atoms. The number of unbranched alkanes of at least 4 members (excludes halogenated alkanes) is 12. The summed E-state index contributed by atoms with van der Waals surface area (Å²) in [7, 11) is 1.39. The molecule has 0 aromatic heterocycles. The van der Waals surface area contributed by atoms with Gasteiger partial charge >= 0.3 is 19.8 Å². The summed E-state index contributed by atoms with van der Waals surface area (Å²) >= 11 is 0. The Morgan fingerprint density at radius 2 is 1.24 bits per heavy atom. The number of rotatable bonds is 31. The highest BCUT2D eigenvalue weighted by molar-refractivity contribution is 7.47. The number of benzene rings is 2. The first-order valence-corrected chi connectivity index (χ1v) is 21.9. The Bertz CT molecular complexity index is 1410. The van der Waals surface area contributed by atoms with E-state index in [0.717, 1.165) is 36.0 Å². The lowest BCUT2D eigenvalue weighted by molar-refractivity contribution is -0.870. The summed E-state index contributed by atoms with van der Waals surface area (Å²) in [5.74, 6) is -0.939. The smallest absolute Gasteiger partial charge is 0.462 e. The summed E-state index contributed by atoms with van der Waals surface area (Å²) in [4.78, 5) is 35.5. The average Bonchev–Trinajstić information content (AvgIpc) is 3.15. The van der Waals surface area contributed by atoms with Gasteiger partial charge in [0.05, 0.1) is 27.7 Å². The zero-order valence-electron chi connectivity index (χ0n) is 34.1. The van der Waals surface area contributed by atoms with Crippen LogP contribution in [0.4, 0.5) is 0 Å². The van der Waals surface area contributed by atoms with Crippen molar-refractivity contribution in [2.45, 2.75) is 116 Å². The quantitative estimate of drug-likeness (QED) is 0.0265. The van der Waals surface area contributed by atoms with Crippen LogP contribution in [0.3, 0.4) is 0 Å². The molecule has 0 aliphatic rings. The van der Waals surface area contributed by atoms with Crippen molar-refractivity contribution in [3.05, 3.63) is 102 Å². The molecule has 2 rings (SSSR count). The van der Waals surface area contributed by atoms with E-state index in [1.807, 2.05) is 81.8 Å². The number of likely N-dealkylation sites (N-methyl/N-ethyl adjacent to an activating group) is 1. The van der Waals surface area contributed by atoms with Crippen LogP contribution in [0.1, 0.15) is 121 Å². The van der Waals surface area contributed by atoms with Gasteiger partial charge in [0, 0.05) is 12.8 Å². The maximum atomic E-state index is 12.8. The number of quaternary nitrogens is 1. The van der Waals surface area contributed by atoms with E-state index >= 15 is 0 Å². The number of ether oxygens (including phenoxy) is 2. The largest absolute Gasteiger partial charge is 0.472 e. The van der Waals surface area contributed by atoms with Crippen LogP contribution < -0.4 is 0 Å². The van der Waals surface area contributed by atoms with Crippen LogP contribution in [-0.2, 0) is 32.7 Å². The Morgan fingerprint density at radius 3 is 1.78 bits per heavy atom. The van der Waals surface area contributed by atoms with Crippen molar-refractivity contribution < 1.29 is 42.1 Å². The molecular formula is C45H69NO8P+. The Kier molecular flexibility index (Phi) is 25.2. The van der Waals surface area contributed by atoms with Crippen molar-refractivity contribution in [1.82, 2.24) is 0 Å². The molecule has 0 radical (unpaired) electrons. The number of carbonyl (C=O) groups is 2. The minimum absolute atomic E-state index is 0.00619. The first-order chi connectivity index (χ1) is 26.5. The van der Waals surface area contributed by atoms with Crippen LogP contribution in [0.25, 0.3) is 5.57 Å². The predicted molar refractivity (Wildman–Crippen MR) is 223 cm³/mol. The molecule has 2 aromatic carbocycles. The highest BCUT2D eigenvalue weighted by Crippen LogP contribution is 2.43. The lowest BCUT2D eigenvalue weighted by Gasteiger charge is -2.24. The van der Waals surface area contributed by atoms with E-state index < -0.39 is 32.5 Å². The van der Waals surface area contributed by atoms with Crippen molar-refractivity contribution in [3.63, 3.8) is 0 Å². The van der Waals surface area contributed by atoms with Crippen LogP contribution in [-0.4, -0.2) is 74.9 Å². The van der Waals surface area contributed by atoms with Gasteiger partial charge in [-0.2, -0.15) is 0 Å². The Balaban J connectivity index is 1.80. The first-order valence-electron chi connectivity index (χ1n) is 20.4. The minimum Gasteiger partial charge on any atom is -0.462 e. The van der Waals surface area contributed by atoms with Crippen LogP contribution in [0.5, 0.6) is 0 Å². The summed E-state index contributed by atoms with van der Waals surface area (Å²) in [5, 5.41) is 0. The second-order valence-electron chi connectivity index (χ2n) is 15.1. The van der Waals surface area contributed by atoms with Gasteiger partial charge in [-0.25, -0.2) is 4.57 Å². The fraction of sp³-hybridized carbons (Fsp3) is 0.556. The van der Waals surface area contributed by atoms with Gasteiger partial charge < -0.3 is 18.9 Å². The second kappa shape index (κ2) is 29.0. The molecule has 0 aliphatic carbocycles. The number of carbonyl (C=O) groups excluding carboxylic acids is 2. The van der Waals surface area contributed by atoms with E-state index in [2.05, 4.69) is 37.3 Å². The number of phosphoric ester groups is 1. The fourth-order valence-corrected chi connectivity index (χ4v) is 6.48. The van der Waals surface area contributed by atoms with Crippen molar-refractivity contribution in [2.24, 2.45) is 0 Å². The van der Waals surface area contributed by atoms with Crippen molar-refractivity contribution in [1.29, 1.82) is 0 Å². The highest BCUT2D eigenvalue weighted by atomic mass is 31.2. The molecule has 9 nitrogen and oxygen atoms in total. The normalized spacial score (nSPS) is 13.5. The van der Waals surface area contributed by atoms with E-state index in [1.165, 1.54) is 64.2 Å². The van der Waals surface area contributed by atoms with Gasteiger partial charge in [-0.1, -0.05) is 175 Å². The zero-order valence-corrected chi connectivity index (χ0v) is 35.0. The van der Waals surface area contributed by atoms with Crippen LogP contribution >= 0.6 is 7.82 Å². The Labute approximate surface area is 332 Å². The van der Waals surface area contributed by atoms with Crippen LogP contribution in [0.15, 0.2) is 91.0 Å². The van der Waals surface area contributed by atoms with Gasteiger partial charge in [-0.15, -0.1) is 0 Å². The monoisotopic (exact) mass is 782 g/mol. The van der Waals surface area contributed by atoms with E-state index in [9.17, 15) is 19.0 Å². The molecule has 0 bridgehead atoms. The van der Waals surface area contributed by atoms with Gasteiger partial charge in [0.25, 0.3) is 0 Å². The Morgan fingerprint density at radius 1 is 0.691 bits per heavy atom. The summed E-state index contributed by atoms with van der Waals surface area (Å²) in [6.07, 6.45) is 25.1. The predicted octanol–water partition coefficient (Wildman–Crippen LogP) is 10.8. The van der Waals surface area contributed by atoms with E-state index in [0.29, 0.717) is 17.4 Å². The topological polar surface area (TPSA) is 108 Å². The summed E-state index contributed by atoms with van der Waals surface area (Å²) in [5.41, 5.74) is 3.32. The second-order valence-corrected chi connectivity index (χ2v) is 16.5. The lowest BCUT2D eigenvalue weighted by atomic mass is 9.97. The molecule has 306 valence electrons. The first kappa shape index (κ1) is 47.8. The number of phosphoric acid groups is 1. The fourth-order valence-electron chi connectivity index (χ4n) is 5.74.